The molecule has 106 valence electrons. The molecule has 0 amide bonds. The van der Waals surface area contributed by atoms with E-state index in [1.165, 1.54) is 0 Å². The van der Waals surface area contributed by atoms with Crippen LogP contribution in [0.25, 0.3) is 0 Å². The minimum Gasteiger partial charge on any atom is -0.369 e. The number of nitrogens with one attached hydrogen (secondary N) is 1. The molecule has 0 radical (unpaired) electrons. The zero-order valence-electron chi connectivity index (χ0n) is 12.0. The highest BCUT2D eigenvalue weighted by Crippen LogP contribution is 2.25. The Kier molecular flexibility index (Phi) is 5.28. The number of halogens is 1. The van der Waals surface area contributed by atoms with Gasteiger partial charge in [0.15, 0.2) is 0 Å². The third-order valence-corrected chi connectivity index (χ3v) is 3.96. The number of rotatable bonds is 5. The van der Waals surface area contributed by atoms with Gasteiger partial charge >= 0.3 is 0 Å². The topological polar surface area (TPSA) is 50.7 Å². The molecule has 20 heavy (non-hydrogen) atoms. The molecule has 0 atom stereocenters. The molecule has 0 saturated carbocycles. The van der Waals surface area contributed by atoms with E-state index in [0.29, 0.717) is 12.3 Å². The number of nitrogens with zero attached hydrogens (tertiary/aromatic N) is 3. The van der Waals surface area contributed by atoms with Crippen molar-refractivity contribution in [2.45, 2.75) is 33.1 Å². The van der Waals surface area contributed by atoms with E-state index in [1.54, 1.807) is 6.20 Å². The second-order valence-electron chi connectivity index (χ2n) is 4.91. The zero-order chi connectivity index (χ0) is 14.5. The minimum atomic E-state index is 0.384. The molecule has 0 aliphatic carbocycles. The highest BCUT2D eigenvalue weighted by atomic mass is 127. The molecule has 0 aliphatic rings. The molecule has 0 aromatic carbocycles. The van der Waals surface area contributed by atoms with Crippen molar-refractivity contribution in [3.8, 4) is 0 Å². The van der Waals surface area contributed by atoms with Crippen LogP contribution in [-0.2, 0) is 6.42 Å². The molecule has 0 bridgehead atoms. The van der Waals surface area contributed by atoms with Crippen molar-refractivity contribution < 1.29 is 0 Å². The van der Waals surface area contributed by atoms with Crippen LogP contribution in [0, 0.1) is 3.57 Å². The number of aromatic nitrogens is 3. The average molecular weight is 382 g/mol. The lowest BCUT2D eigenvalue weighted by Gasteiger charge is -2.14. The molecular formula is C15H19IN4. The Morgan fingerprint density at radius 3 is 2.70 bits per heavy atom. The van der Waals surface area contributed by atoms with Crippen LogP contribution in [-0.4, -0.2) is 21.5 Å². The van der Waals surface area contributed by atoms with E-state index in [4.69, 9.17) is 4.98 Å². The number of pyridine rings is 1. The molecule has 0 saturated heterocycles. The fraction of sp³-hybridized carbons (Fsp3) is 0.400. The lowest BCUT2D eigenvalue weighted by molar-refractivity contribution is 0.783. The molecule has 2 aromatic rings. The van der Waals surface area contributed by atoms with Gasteiger partial charge in [0.2, 0.25) is 0 Å². The van der Waals surface area contributed by atoms with Gasteiger partial charge in [-0.15, -0.1) is 0 Å². The second kappa shape index (κ2) is 6.97. The summed E-state index contributed by atoms with van der Waals surface area (Å²) < 4.78 is 1.12. The highest BCUT2D eigenvalue weighted by molar-refractivity contribution is 14.1. The zero-order valence-corrected chi connectivity index (χ0v) is 14.2. The van der Waals surface area contributed by atoms with Gasteiger partial charge in [0.05, 0.1) is 9.26 Å². The lowest BCUT2D eigenvalue weighted by atomic mass is 10.1. The van der Waals surface area contributed by atoms with Gasteiger partial charge < -0.3 is 5.32 Å². The minimum absolute atomic E-state index is 0.384. The van der Waals surface area contributed by atoms with Crippen LogP contribution in [0.3, 0.4) is 0 Å². The van der Waals surface area contributed by atoms with Gasteiger partial charge in [-0.25, -0.2) is 9.97 Å². The molecule has 2 aromatic heterocycles. The maximum Gasteiger partial charge on any atom is 0.143 e. The number of hydrogen-bond acceptors (Lipinski definition) is 4. The monoisotopic (exact) mass is 382 g/mol. The van der Waals surface area contributed by atoms with E-state index in [9.17, 15) is 0 Å². The van der Waals surface area contributed by atoms with E-state index in [-0.39, 0.29) is 0 Å². The van der Waals surface area contributed by atoms with Crippen molar-refractivity contribution >= 4 is 28.4 Å². The standard InChI is InChI=1S/C15H19IN4/c1-4-18-15-13(16)14(10(2)3)19-12(20-15)8-11-6-5-7-17-9-11/h5-7,9-10H,4,8H2,1-3H3,(H,18,19,20). The van der Waals surface area contributed by atoms with Crippen molar-refractivity contribution in [1.29, 1.82) is 0 Å². The summed E-state index contributed by atoms with van der Waals surface area (Å²) in [6.07, 6.45) is 4.36. The Bertz CT molecular complexity index is 570. The Balaban J connectivity index is 2.37. The third-order valence-electron chi connectivity index (χ3n) is 2.90. The van der Waals surface area contributed by atoms with Crippen molar-refractivity contribution in [3.05, 3.63) is 45.2 Å². The quantitative estimate of drug-likeness (QED) is 0.803. The normalized spacial score (nSPS) is 10.8. The Hall–Kier alpha value is -1.24. The van der Waals surface area contributed by atoms with Crippen molar-refractivity contribution in [2.75, 3.05) is 11.9 Å². The molecule has 0 spiro atoms. The summed E-state index contributed by atoms with van der Waals surface area (Å²) in [6, 6.07) is 3.99. The largest absolute Gasteiger partial charge is 0.369 e. The van der Waals surface area contributed by atoms with Gasteiger partial charge in [0.1, 0.15) is 11.6 Å². The van der Waals surface area contributed by atoms with Gasteiger partial charge in [-0.2, -0.15) is 0 Å². The summed E-state index contributed by atoms with van der Waals surface area (Å²) in [4.78, 5) is 13.5. The summed E-state index contributed by atoms with van der Waals surface area (Å²) in [5.41, 5.74) is 2.24. The molecule has 0 fully saturated rings. The summed E-state index contributed by atoms with van der Waals surface area (Å²) in [5, 5.41) is 3.32. The first-order valence-electron chi connectivity index (χ1n) is 6.80. The fourth-order valence-corrected chi connectivity index (χ4v) is 3.00. The van der Waals surface area contributed by atoms with E-state index in [0.717, 1.165) is 33.0 Å². The second-order valence-corrected chi connectivity index (χ2v) is 5.99. The van der Waals surface area contributed by atoms with Crippen LogP contribution in [0.1, 0.15) is 43.8 Å². The molecule has 0 aliphatic heterocycles. The maximum atomic E-state index is 4.72. The lowest BCUT2D eigenvalue weighted by Crippen LogP contribution is -2.11. The predicted molar refractivity (Wildman–Crippen MR) is 90.0 cm³/mol. The van der Waals surface area contributed by atoms with E-state index < -0.39 is 0 Å². The molecule has 2 rings (SSSR count). The molecule has 2 heterocycles. The first kappa shape index (κ1) is 15.2. The van der Waals surface area contributed by atoms with Crippen LogP contribution in [0.4, 0.5) is 5.82 Å². The smallest absolute Gasteiger partial charge is 0.143 e. The van der Waals surface area contributed by atoms with Crippen LogP contribution in [0.5, 0.6) is 0 Å². The first-order chi connectivity index (χ1) is 9.61. The molecular weight excluding hydrogens is 363 g/mol. The number of anilines is 1. The van der Waals surface area contributed by atoms with Gasteiger partial charge in [0, 0.05) is 25.4 Å². The van der Waals surface area contributed by atoms with E-state index in [2.05, 4.69) is 64.7 Å². The SMILES string of the molecule is CCNc1nc(Cc2cccnc2)nc(C(C)C)c1I. The highest BCUT2D eigenvalue weighted by Gasteiger charge is 2.14. The van der Waals surface area contributed by atoms with Gasteiger partial charge in [-0.3, -0.25) is 4.98 Å². The van der Waals surface area contributed by atoms with Crippen molar-refractivity contribution in [3.63, 3.8) is 0 Å². The van der Waals surface area contributed by atoms with Gasteiger partial charge in [-0.1, -0.05) is 19.9 Å². The third kappa shape index (κ3) is 3.65. The van der Waals surface area contributed by atoms with Crippen LogP contribution in [0.2, 0.25) is 0 Å². The summed E-state index contributed by atoms with van der Waals surface area (Å²) in [7, 11) is 0. The average Bonchev–Trinajstić information content (AvgIpc) is 2.43. The molecule has 5 heteroatoms. The van der Waals surface area contributed by atoms with E-state index in [1.807, 2.05) is 12.3 Å². The Morgan fingerprint density at radius 1 is 1.30 bits per heavy atom. The molecule has 0 unspecified atom stereocenters. The van der Waals surface area contributed by atoms with Crippen LogP contribution < -0.4 is 5.32 Å². The van der Waals surface area contributed by atoms with E-state index >= 15 is 0 Å². The van der Waals surface area contributed by atoms with Crippen molar-refractivity contribution in [1.82, 2.24) is 15.0 Å². The van der Waals surface area contributed by atoms with Crippen molar-refractivity contribution in [2.24, 2.45) is 0 Å². The summed E-state index contributed by atoms with van der Waals surface area (Å²) in [6.45, 7) is 7.26. The number of hydrogen-bond donors (Lipinski definition) is 1. The van der Waals surface area contributed by atoms with Crippen LogP contribution in [0.15, 0.2) is 24.5 Å². The summed E-state index contributed by atoms with van der Waals surface area (Å²) >= 11 is 2.33. The van der Waals surface area contributed by atoms with Crippen LogP contribution >= 0.6 is 22.6 Å². The van der Waals surface area contributed by atoms with Gasteiger partial charge in [-0.05, 0) is 47.1 Å². The summed E-state index contributed by atoms with van der Waals surface area (Å²) in [5.74, 6) is 2.17. The first-order valence-corrected chi connectivity index (χ1v) is 7.88. The molecule has 4 nitrogen and oxygen atoms in total. The Morgan fingerprint density at radius 2 is 2.10 bits per heavy atom. The van der Waals surface area contributed by atoms with Gasteiger partial charge in [0.25, 0.3) is 0 Å². The fourth-order valence-electron chi connectivity index (χ4n) is 1.94. The predicted octanol–water partition coefficient (Wildman–Crippen LogP) is 3.62. The molecule has 1 N–H and O–H groups in total. The maximum absolute atomic E-state index is 4.72. The Labute approximate surface area is 133 Å².